The minimum absolute atomic E-state index is 0.129. The van der Waals surface area contributed by atoms with E-state index in [2.05, 4.69) is 29.6 Å². The molecule has 8 nitrogen and oxygen atoms in total. The highest BCUT2D eigenvalue weighted by atomic mass is 16.2. The van der Waals surface area contributed by atoms with E-state index in [1.807, 2.05) is 42.5 Å². The molecule has 5 amide bonds. The largest absolute Gasteiger partial charge is 0.334 e. The van der Waals surface area contributed by atoms with Crippen molar-refractivity contribution in [2.45, 2.75) is 18.4 Å². The zero-order chi connectivity index (χ0) is 31.1. The summed E-state index contributed by atoms with van der Waals surface area (Å²) in [6.07, 6.45) is 10.1. The Kier molecular flexibility index (Phi) is 4.99. The molecule has 3 aliphatic heterocycles. The summed E-state index contributed by atoms with van der Waals surface area (Å²) in [5, 5.41) is 3.23. The van der Waals surface area contributed by atoms with Crippen molar-refractivity contribution < 1.29 is 24.0 Å². The summed E-state index contributed by atoms with van der Waals surface area (Å²) in [6.45, 7) is 0. The normalized spacial score (nSPS) is 33.8. The number of allylic oxidation sites excluding steroid dienone is 4. The second-order valence-corrected chi connectivity index (χ2v) is 13.9. The third kappa shape index (κ3) is 3.07. The Morgan fingerprint density at radius 1 is 0.522 bits per heavy atom. The molecule has 3 heterocycles. The van der Waals surface area contributed by atoms with Crippen molar-refractivity contribution in [2.75, 3.05) is 9.80 Å². The second-order valence-electron chi connectivity index (χ2n) is 13.9. The van der Waals surface area contributed by atoms with Gasteiger partial charge in [-0.25, -0.2) is 0 Å². The molecule has 1 N–H and O–H groups in total. The highest BCUT2D eigenvalue weighted by Crippen LogP contribution is 2.55. The average Bonchev–Trinajstić information content (AvgIpc) is 3.94. The first kappa shape index (κ1) is 26.1. The average molecular weight is 608 g/mol. The van der Waals surface area contributed by atoms with E-state index in [0.29, 0.717) is 16.9 Å². The Labute approximate surface area is 264 Å². The number of carbonyl (C=O) groups excluding carboxylic acids is 5. The molecule has 2 saturated carbocycles. The van der Waals surface area contributed by atoms with Gasteiger partial charge in [-0.2, -0.15) is 0 Å². The predicted molar refractivity (Wildman–Crippen MR) is 167 cm³/mol. The van der Waals surface area contributed by atoms with Gasteiger partial charge in [-0.1, -0.05) is 66.8 Å². The summed E-state index contributed by atoms with van der Waals surface area (Å²) in [5.74, 6) is -1.38. The monoisotopic (exact) mass is 607 g/mol. The van der Waals surface area contributed by atoms with Gasteiger partial charge in [0.1, 0.15) is 5.54 Å². The maximum atomic E-state index is 13.5. The van der Waals surface area contributed by atoms with E-state index in [-0.39, 0.29) is 76.9 Å². The SMILES string of the molecule is O=C1NC(c2ccc(N3C(=O)[C@@H]4[C@H](C3=O)[C@H]3C=C[C@H]4C3)cc2)(c2ccc(N3C(=O)[C@H]4[C@H](C3=O)[C@H]3C=C[C@H]4C3)cc2)c2ccccc21. The lowest BCUT2D eigenvalue weighted by Gasteiger charge is -2.33. The van der Waals surface area contributed by atoms with E-state index < -0.39 is 5.54 Å². The number of fused-ring (bicyclic) bond motifs is 11. The van der Waals surface area contributed by atoms with Crippen LogP contribution in [0.15, 0.2) is 97.1 Å². The lowest BCUT2D eigenvalue weighted by atomic mass is 9.78. The topological polar surface area (TPSA) is 104 Å². The van der Waals surface area contributed by atoms with E-state index >= 15 is 0 Å². The minimum Gasteiger partial charge on any atom is -0.334 e. The molecule has 4 fully saturated rings. The number of amides is 5. The van der Waals surface area contributed by atoms with Gasteiger partial charge >= 0.3 is 0 Å². The Hall–Kier alpha value is -5.11. The summed E-state index contributed by atoms with van der Waals surface area (Å²) in [6, 6.07) is 22.0. The molecular formula is C38H29N3O5. The van der Waals surface area contributed by atoms with Gasteiger partial charge in [-0.15, -0.1) is 0 Å². The molecular weight excluding hydrogens is 578 g/mol. The molecule has 46 heavy (non-hydrogen) atoms. The maximum absolute atomic E-state index is 13.5. The third-order valence-electron chi connectivity index (χ3n) is 11.9. The van der Waals surface area contributed by atoms with Gasteiger partial charge in [0.2, 0.25) is 23.6 Å². The molecule has 0 spiro atoms. The van der Waals surface area contributed by atoms with Gasteiger partial charge in [-0.3, -0.25) is 33.8 Å². The first-order chi connectivity index (χ1) is 22.4. The van der Waals surface area contributed by atoms with Crippen molar-refractivity contribution >= 4 is 40.9 Å². The van der Waals surface area contributed by atoms with Crippen LogP contribution in [0.1, 0.15) is 39.9 Å². The highest BCUT2D eigenvalue weighted by Gasteiger charge is 2.61. The van der Waals surface area contributed by atoms with Crippen molar-refractivity contribution in [3.05, 3.63) is 119 Å². The molecule has 10 rings (SSSR count). The molecule has 3 aromatic carbocycles. The molecule has 0 aromatic heterocycles. The van der Waals surface area contributed by atoms with Crippen LogP contribution in [0.25, 0.3) is 0 Å². The van der Waals surface area contributed by atoms with Gasteiger partial charge in [0.15, 0.2) is 0 Å². The summed E-state index contributed by atoms with van der Waals surface area (Å²) in [5.41, 5.74) is 2.82. The van der Waals surface area contributed by atoms with Crippen LogP contribution in [0.2, 0.25) is 0 Å². The van der Waals surface area contributed by atoms with Crippen molar-refractivity contribution in [1.29, 1.82) is 0 Å². The highest BCUT2D eigenvalue weighted by molar-refractivity contribution is 6.23. The van der Waals surface area contributed by atoms with Crippen LogP contribution in [-0.4, -0.2) is 29.5 Å². The number of hydrogen-bond acceptors (Lipinski definition) is 5. The van der Waals surface area contributed by atoms with Crippen LogP contribution in [0.5, 0.6) is 0 Å². The second kappa shape index (κ2) is 8.78. The fourth-order valence-electron chi connectivity index (χ4n) is 9.97. The van der Waals surface area contributed by atoms with Crippen molar-refractivity contribution in [2.24, 2.45) is 47.3 Å². The summed E-state index contributed by atoms with van der Waals surface area (Å²) in [7, 11) is 0. The Morgan fingerprint density at radius 3 is 1.33 bits per heavy atom. The smallest absolute Gasteiger partial charge is 0.252 e. The molecule has 226 valence electrons. The summed E-state index contributed by atoms with van der Waals surface area (Å²) >= 11 is 0. The quantitative estimate of drug-likeness (QED) is 0.351. The summed E-state index contributed by atoms with van der Waals surface area (Å²) < 4.78 is 0. The number of anilines is 2. The standard InChI is InChI=1S/C38H29N3O5/c42-33-27-3-1-2-4-28(27)38(39-33,23-9-13-25(14-10-23)40-34(43)29-19-5-6-20(17-19)30(29)35(40)44)24-11-15-26(16-12-24)41-36(45)31-21-7-8-22(18-21)32(31)37(41)46/h1-16,19-22,29-32H,17-18H2,(H,39,42)/t19-,20-,21-,22-,29-,30+,31+,32+,38?/m0/s1. The molecule has 2 saturated heterocycles. The van der Waals surface area contributed by atoms with Crippen LogP contribution in [0.3, 0.4) is 0 Å². The van der Waals surface area contributed by atoms with Gasteiger partial charge in [-0.05, 0) is 83.5 Å². The van der Waals surface area contributed by atoms with E-state index in [1.54, 1.807) is 30.3 Å². The molecule has 4 aliphatic carbocycles. The van der Waals surface area contributed by atoms with Crippen LogP contribution in [-0.2, 0) is 24.7 Å². The van der Waals surface area contributed by atoms with Crippen LogP contribution in [0.4, 0.5) is 11.4 Å². The number of carbonyl (C=O) groups is 5. The maximum Gasteiger partial charge on any atom is 0.252 e. The van der Waals surface area contributed by atoms with Gasteiger partial charge < -0.3 is 5.32 Å². The molecule has 0 radical (unpaired) electrons. The lowest BCUT2D eigenvalue weighted by molar-refractivity contribution is -0.124. The number of rotatable bonds is 4. The zero-order valence-electron chi connectivity index (χ0n) is 24.7. The van der Waals surface area contributed by atoms with Crippen LogP contribution in [0, 0.1) is 47.3 Å². The van der Waals surface area contributed by atoms with Crippen LogP contribution >= 0.6 is 0 Å². The van der Waals surface area contributed by atoms with E-state index in [9.17, 15) is 24.0 Å². The van der Waals surface area contributed by atoms with Crippen molar-refractivity contribution in [1.82, 2.24) is 5.32 Å². The number of nitrogens with one attached hydrogen (secondary N) is 1. The van der Waals surface area contributed by atoms with Gasteiger partial charge in [0.05, 0.1) is 35.0 Å². The lowest BCUT2D eigenvalue weighted by Crippen LogP contribution is -2.41. The fourth-order valence-corrected chi connectivity index (χ4v) is 9.97. The Morgan fingerprint density at radius 2 is 0.913 bits per heavy atom. The molecule has 7 aliphatic rings. The van der Waals surface area contributed by atoms with Gasteiger partial charge in [0.25, 0.3) is 5.91 Å². The first-order valence-corrected chi connectivity index (χ1v) is 16.1. The first-order valence-electron chi connectivity index (χ1n) is 16.1. The van der Waals surface area contributed by atoms with E-state index in [1.165, 1.54) is 9.80 Å². The molecule has 1 unspecified atom stereocenters. The van der Waals surface area contributed by atoms with Crippen molar-refractivity contribution in [3.8, 4) is 0 Å². The van der Waals surface area contributed by atoms with Gasteiger partial charge in [0, 0.05) is 5.56 Å². The number of hydrogen-bond donors (Lipinski definition) is 1. The van der Waals surface area contributed by atoms with Crippen molar-refractivity contribution in [3.63, 3.8) is 0 Å². The van der Waals surface area contributed by atoms with E-state index in [0.717, 1.165) is 29.5 Å². The number of benzene rings is 3. The number of imide groups is 2. The predicted octanol–water partition coefficient (Wildman–Crippen LogP) is 4.34. The Balaban J connectivity index is 1.02. The molecule has 8 heteroatoms. The fraction of sp³-hybridized carbons (Fsp3) is 0.289. The van der Waals surface area contributed by atoms with Crippen LogP contribution < -0.4 is 15.1 Å². The minimum atomic E-state index is -1.07. The molecule has 4 bridgehead atoms. The Bertz CT molecular complexity index is 1820. The zero-order valence-corrected chi connectivity index (χ0v) is 24.7. The third-order valence-corrected chi connectivity index (χ3v) is 11.9. The molecule has 3 aromatic rings. The summed E-state index contributed by atoms with van der Waals surface area (Å²) in [4.78, 5) is 70.0. The van der Waals surface area contributed by atoms with E-state index in [4.69, 9.17) is 0 Å². The number of nitrogens with zero attached hydrogens (tertiary/aromatic N) is 2. The molecule has 9 atom stereocenters.